The second kappa shape index (κ2) is 12.9. The summed E-state index contributed by atoms with van der Waals surface area (Å²) >= 11 is 0. The van der Waals surface area contributed by atoms with Crippen molar-refractivity contribution in [3.05, 3.63) is 24.3 Å². The molecule has 0 saturated heterocycles. The summed E-state index contributed by atoms with van der Waals surface area (Å²) in [4.78, 5) is 0. The lowest BCUT2D eigenvalue weighted by Crippen LogP contribution is -2.00. The molecule has 22 heavy (non-hydrogen) atoms. The van der Waals surface area contributed by atoms with E-state index in [4.69, 9.17) is 5.11 Å². The second-order valence-corrected chi connectivity index (χ2v) is 6.78. The van der Waals surface area contributed by atoms with Crippen molar-refractivity contribution < 1.29 is 10.2 Å². The van der Waals surface area contributed by atoms with Gasteiger partial charge in [0, 0.05) is 6.61 Å². The molecule has 2 heteroatoms. The summed E-state index contributed by atoms with van der Waals surface area (Å²) in [7, 11) is 0. The summed E-state index contributed by atoms with van der Waals surface area (Å²) < 4.78 is 0. The lowest BCUT2D eigenvalue weighted by Gasteiger charge is -2.03. The summed E-state index contributed by atoms with van der Waals surface area (Å²) in [6.07, 6.45) is 21.1. The molecule has 128 valence electrons. The van der Waals surface area contributed by atoms with Crippen molar-refractivity contribution in [3.63, 3.8) is 0 Å². The highest BCUT2D eigenvalue weighted by Crippen LogP contribution is 2.45. The first-order chi connectivity index (χ1) is 10.8. The van der Waals surface area contributed by atoms with Crippen molar-refractivity contribution in [1.82, 2.24) is 0 Å². The van der Waals surface area contributed by atoms with E-state index in [0.717, 1.165) is 37.5 Å². The molecule has 0 spiro atoms. The number of hydrogen-bond donors (Lipinski definition) is 2. The summed E-state index contributed by atoms with van der Waals surface area (Å²) in [6.45, 7) is 2.53. The van der Waals surface area contributed by atoms with Gasteiger partial charge in [0.1, 0.15) is 0 Å². The summed E-state index contributed by atoms with van der Waals surface area (Å²) in [5.74, 6) is 1.91. The van der Waals surface area contributed by atoms with Crippen molar-refractivity contribution in [2.24, 2.45) is 11.8 Å². The number of allylic oxidation sites excluding steroid dienone is 3. The predicted molar refractivity (Wildman–Crippen MR) is 94.8 cm³/mol. The minimum atomic E-state index is -0.275. The molecule has 1 aliphatic carbocycles. The first kappa shape index (κ1) is 19.4. The van der Waals surface area contributed by atoms with E-state index in [1.165, 1.54) is 44.9 Å². The van der Waals surface area contributed by atoms with Gasteiger partial charge in [0.2, 0.25) is 0 Å². The molecule has 0 bridgehead atoms. The second-order valence-electron chi connectivity index (χ2n) is 6.78. The molecule has 1 fully saturated rings. The monoisotopic (exact) mass is 308 g/mol. The summed E-state index contributed by atoms with van der Waals surface area (Å²) in [6, 6.07) is 0. The standard InChI is InChI=1S/C20H36O2/c1-2-3-7-14-20(22)15-10-5-4-8-12-18-17-19(18)13-9-6-11-16-21/h4-5,10,15,18-22H,2-3,6-9,11-14,16-17H2,1H3/b5-4+,15-10+. The quantitative estimate of drug-likeness (QED) is 0.350. The molecule has 3 unspecified atom stereocenters. The molecule has 1 rings (SSSR count). The lowest BCUT2D eigenvalue weighted by molar-refractivity contribution is 0.208. The van der Waals surface area contributed by atoms with Gasteiger partial charge in [-0.2, -0.15) is 0 Å². The van der Waals surface area contributed by atoms with Gasteiger partial charge in [-0.3, -0.25) is 0 Å². The van der Waals surface area contributed by atoms with Crippen LogP contribution in [0.4, 0.5) is 0 Å². The van der Waals surface area contributed by atoms with Crippen LogP contribution in [0, 0.1) is 11.8 Å². The number of rotatable bonds is 14. The Labute approximate surface area is 137 Å². The molecule has 3 atom stereocenters. The Morgan fingerprint density at radius 1 is 1.00 bits per heavy atom. The zero-order valence-electron chi connectivity index (χ0n) is 14.4. The predicted octanol–water partition coefficient (Wildman–Crippen LogP) is 5.01. The Balaban J connectivity index is 1.94. The molecule has 1 saturated carbocycles. The van der Waals surface area contributed by atoms with Crippen LogP contribution in [0.15, 0.2) is 24.3 Å². The van der Waals surface area contributed by atoms with Crippen LogP contribution in [-0.2, 0) is 0 Å². The Kier molecular flexibility index (Phi) is 11.4. The Morgan fingerprint density at radius 2 is 1.82 bits per heavy atom. The van der Waals surface area contributed by atoms with E-state index in [9.17, 15) is 5.11 Å². The maximum Gasteiger partial charge on any atom is 0.0723 e. The van der Waals surface area contributed by atoms with Crippen LogP contribution >= 0.6 is 0 Å². The number of hydrogen-bond acceptors (Lipinski definition) is 2. The Morgan fingerprint density at radius 3 is 2.59 bits per heavy atom. The maximum absolute atomic E-state index is 9.75. The van der Waals surface area contributed by atoms with E-state index in [-0.39, 0.29) is 6.10 Å². The van der Waals surface area contributed by atoms with Gasteiger partial charge in [0.05, 0.1) is 6.10 Å². The van der Waals surface area contributed by atoms with E-state index in [0.29, 0.717) is 6.61 Å². The number of aliphatic hydroxyl groups is 2. The normalized spacial score (nSPS) is 22.7. The van der Waals surface area contributed by atoms with Gasteiger partial charge in [0.25, 0.3) is 0 Å². The third kappa shape index (κ3) is 10.2. The smallest absolute Gasteiger partial charge is 0.0723 e. The molecule has 2 N–H and O–H groups in total. The molecule has 2 nitrogen and oxygen atoms in total. The molecular formula is C20H36O2. The van der Waals surface area contributed by atoms with Crippen LogP contribution in [-0.4, -0.2) is 22.9 Å². The highest BCUT2D eigenvalue weighted by atomic mass is 16.3. The molecule has 0 aromatic rings. The largest absolute Gasteiger partial charge is 0.396 e. The minimum absolute atomic E-state index is 0.275. The fraction of sp³-hybridized carbons (Fsp3) is 0.800. The van der Waals surface area contributed by atoms with Gasteiger partial charge in [-0.25, -0.2) is 0 Å². The van der Waals surface area contributed by atoms with E-state index < -0.39 is 0 Å². The van der Waals surface area contributed by atoms with Gasteiger partial charge < -0.3 is 10.2 Å². The molecule has 1 aliphatic rings. The van der Waals surface area contributed by atoms with Gasteiger partial charge >= 0.3 is 0 Å². The first-order valence-corrected chi connectivity index (χ1v) is 9.40. The molecular weight excluding hydrogens is 272 g/mol. The van der Waals surface area contributed by atoms with Crippen molar-refractivity contribution >= 4 is 0 Å². The van der Waals surface area contributed by atoms with Gasteiger partial charge in [-0.15, -0.1) is 0 Å². The molecule has 0 aromatic carbocycles. The van der Waals surface area contributed by atoms with Crippen LogP contribution in [0.25, 0.3) is 0 Å². The fourth-order valence-corrected chi connectivity index (χ4v) is 3.09. The molecule has 0 amide bonds. The van der Waals surface area contributed by atoms with E-state index in [2.05, 4.69) is 19.1 Å². The van der Waals surface area contributed by atoms with Crippen LogP contribution in [0.5, 0.6) is 0 Å². The third-order valence-corrected chi connectivity index (χ3v) is 4.69. The number of aliphatic hydroxyl groups excluding tert-OH is 2. The minimum Gasteiger partial charge on any atom is -0.396 e. The molecule has 0 aromatic heterocycles. The van der Waals surface area contributed by atoms with Gasteiger partial charge in [0.15, 0.2) is 0 Å². The lowest BCUT2D eigenvalue weighted by atomic mass is 10.1. The van der Waals surface area contributed by atoms with E-state index >= 15 is 0 Å². The van der Waals surface area contributed by atoms with Crippen molar-refractivity contribution in [2.45, 2.75) is 83.7 Å². The first-order valence-electron chi connectivity index (χ1n) is 9.40. The SMILES string of the molecule is CCCCCC(O)/C=C/C=C/CCC1CC1CCCCCO. The molecule has 0 heterocycles. The Hall–Kier alpha value is -0.600. The van der Waals surface area contributed by atoms with Crippen molar-refractivity contribution in [3.8, 4) is 0 Å². The average molecular weight is 309 g/mol. The van der Waals surface area contributed by atoms with E-state index in [1.807, 2.05) is 12.2 Å². The highest BCUT2D eigenvalue weighted by Gasteiger charge is 2.34. The average Bonchev–Trinajstić information content (AvgIpc) is 3.26. The summed E-state index contributed by atoms with van der Waals surface area (Å²) in [5.41, 5.74) is 0. The van der Waals surface area contributed by atoms with Crippen LogP contribution in [0.1, 0.15) is 77.6 Å². The zero-order valence-corrected chi connectivity index (χ0v) is 14.4. The van der Waals surface area contributed by atoms with Crippen LogP contribution in [0.3, 0.4) is 0 Å². The summed E-state index contributed by atoms with van der Waals surface area (Å²) in [5, 5.41) is 18.5. The van der Waals surface area contributed by atoms with Crippen LogP contribution < -0.4 is 0 Å². The van der Waals surface area contributed by atoms with Gasteiger partial charge in [-0.05, 0) is 43.9 Å². The topological polar surface area (TPSA) is 40.5 Å². The van der Waals surface area contributed by atoms with Crippen molar-refractivity contribution in [1.29, 1.82) is 0 Å². The zero-order chi connectivity index (χ0) is 16.0. The molecule has 0 radical (unpaired) electrons. The van der Waals surface area contributed by atoms with E-state index in [1.54, 1.807) is 0 Å². The maximum atomic E-state index is 9.75. The van der Waals surface area contributed by atoms with Crippen molar-refractivity contribution in [2.75, 3.05) is 6.61 Å². The highest BCUT2D eigenvalue weighted by molar-refractivity contribution is 5.05. The fourth-order valence-electron chi connectivity index (χ4n) is 3.09. The van der Waals surface area contributed by atoms with Crippen LogP contribution in [0.2, 0.25) is 0 Å². The van der Waals surface area contributed by atoms with Gasteiger partial charge in [-0.1, -0.05) is 69.8 Å². The number of unbranched alkanes of at least 4 members (excludes halogenated alkanes) is 4. The third-order valence-electron chi connectivity index (χ3n) is 4.69. The Bertz CT molecular complexity index is 309. The molecule has 0 aliphatic heterocycles.